The summed E-state index contributed by atoms with van der Waals surface area (Å²) >= 11 is 5.48. The summed E-state index contributed by atoms with van der Waals surface area (Å²) in [6.45, 7) is 9.62. The molecule has 2 heterocycles. The standard InChI is InChI=1S/C16H21N3S/c1-11(2)7-8-18-9-12(3)10-19-15-13(17-16(19)20)5-4-6-14(15)18/h4-7,12H,8-10H2,1-3H3,(H,17,20). The normalized spacial score (nSPS) is 18.1. The number of hydrogen-bond donors (Lipinski definition) is 1. The summed E-state index contributed by atoms with van der Waals surface area (Å²) in [4.78, 5) is 5.79. The van der Waals surface area contributed by atoms with Crippen LogP contribution in [0.2, 0.25) is 0 Å². The Bertz CT molecular complexity index is 719. The Morgan fingerprint density at radius 2 is 2.20 bits per heavy atom. The van der Waals surface area contributed by atoms with Gasteiger partial charge in [0.05, 0.1) is 16.7 Å². The zero-order chi connectivity index (χ0) is 14.3. The van der Waals surface area contributed by atoms with Crippen molar-refractivity contribution in [3.05, 3.63) is 34.6 Å². The molecule has 1 unspecified atom stereocenters. The topological polar surface area (TPSA) is 24.0 Å². The first-order valence-corrected chi connectivity index (χ1v) is 7.57. The fraction of sp³-hybridized carbons (Fsp3) is 0.438. The van der Waals surface area contributed by atoms with Crippen LogP contribution in [0, 0.1) is 10.7 Å². The molecule has 1 aromatic carbocycles. The van der Waals surface area contributed by atoms with Crippen molar-refractivity contribution in [3.63, 3.8) is 0 Å². The first kappa shape index (κ1) is 13.4. The van der Waals surface area contributed by atoms with E-state index in [1.54, 1.807) is 0 Å². The highest BCUT2D eigenvalue weighted by Gasteiger charge is 2.21. The van der Waals surface area contributed by atoms with Gasteiger partial charge in [0.2, 0.25) is 0 Å². The molecule has 1 aliphatic rings. The van der Waals surface area contributed by atoms with E-state index in [1.807, 2.05) is 0 Å². The van der Waals surface area contributed by atoms with E-state index in [9.17, 15) is 0 Å². The molecular weight excluding hydrogens is 266 g/mol. The van der Waals surface area contributed by atoms with Crippen LogP contribution in [0.15, 0.2) is 29.8 Å². The molecular formula is C16H21N3S. The second kappa shape index (κ2) is 5.09. The Kier molecular flexibility index (Phi) is 3.42. The highest BCUT2D eigenvalue weighted by Crippen LogP contribution is 2.31. The molecule has 1 atom stereocenters. The quantitative estimate of drug-likeness (QED) is 0.663. The Balaban J connectivity index is 2.17. The number of benzene rings is 1. The highest BCUT2D eigenvalue weighted by molar-refractivity contribution is 7.71. The van der Waals surface area contributed by atoms with Crippen molar-refractivity contribution < 1.29 is 0 Å². The molecule has 0 amide bonds. The van der Waals surface area contributed by atoms with Crippen molar-refractivity contribution in [1.29, 1.82) is 0 Å². The molecule has 0 radical (unpaired) electrons. The third-order valence-corrected chi connectivity index (χ3v) is 4.18. The van der Waals surface area contributed by atoms with Crippen LogP contribution in [-0.4, -0.2) is 22.6 Å². The van der Waals surface area contributed by atoms with Crippen LogP contribution in [0.5, 0.6) is 0 Å². The fourth-order valence-electron chi connectivity index (χ4n) is 2.94. The van der Waals surface area contributed by atoms with E-state index >= 15 is 0 Å². The van der Waals surface area contributed by atoms with Crippen LogP contribution in [0.4, 0.5) is 5.69 Å². The molecule has 106 valence electrons. The molecule has 0 spiro atoms. The van der Waals surface area contributed by atoms with Crippen LogP contribution in [0.25, 0.3) is 11.0 Å². The lowest BCUT2D eigenvalue weighted by molar-refractivity contribution is 0.493. The summed E-state index contributed by atoms with van der Waals surface area (Å²) in [7, 11) is 0. The maximum atomic E-state index is 5.48. The summed E-state index contributed by atoms with van der Waals surface area (Å²) in [5, 5.41) is 0. The van der Waals surface area contributed by atoms with Crippen molar-refractivity contribution in [3.8, 4) is 0 Å². The molecule has 0 aliphatic carbocycles. The van der Waals surface area contributed by atoms with Crippen LogP contribution in [0.1, 0.15) is 20.8 Å². The van der Waals surface area contributed by atoms with Gasteiger partial charge in [-0.05, 0) is 44.1 Å². The molecule has 0 bridgehead atoms. The number of H-pyrrole nitrogens is 1. The molecule has 0 saturated carbocycles. The van der Waals surface area contributed by atoms with Crippen LogP contribution < -0.4 is 4.90 Å². The van der Waals surface area contributed by atoms with Gasteiger partial charge in [-0.2, -0.15) is 0 Å². The van der Waals surface area contributed by atoms with Gasteiger partial charge in [0.1, 0.15) is 0 Å². The van der Waals surface area contributed by atoms with Crippen molar-refractivity contribution in [2.24, 2.45) is 5.92 Å². The largest absolute Gasteiger partial charge is 0.366 e. The SMILES string of the molecule is CC(C)=CCN1CC(C)Cn2c(=S)[nH]c3cccc1c32. The summed E-state index contributed by atoms with van der Waals surface area (Å²) in [6, 6.07) is 6.43. The molecule has 0 saturated heterocycles. The Morgan fingerprint density at radius 3 is 2.95 bits per heavy atom. The van der Waals surface area contributed by atoms with Crippen LogP contribution in [0.3, 0.4) is 0 Å². The third-order valence-electron chi connectivity index (χ3n) is 3.86. The molecule has 3 rings (SSSR count). The predicted molar refractivity (Wildman–Crippen MR) is 87.9 cm³/mol. The van der Waals surface area contributed by atoms with Gasteiger partial charge in [-0.25, -0.2) is 0 Å². The van der Waals surface area contributed by atoms with Crippen molar-refractivity contribution in [2.45, 2.75) is 27.3 Å². The third kappa shape index (κ3) is 2.29. The molecule has 1 N–H and O–H groups in total. The number of rotatable bonds is 2. The number of hydrogen-bond acceptors (Lipinski definition) is 2. The average molecular weight is 287 g/mol. The van der Waals surface area contributed by atoms with Crippen LogP contribution in [-0.2, 0) is 6.54 Å². The molecule has 3 nitrogen and oxygen atoms in total. The monoisotopic (exact) mass is 287 g/mol. The van der Waals surface area contributed by atoms with E-state index in [2.05, 4.69) is 59.5 Å². The highest BCUT2D eigenvalue weighted by atomic mass is 32.1. The lowest BCUT2D eigenvalue weighted by Gasteiger charge is -2.24. The second-order valence-electron chi connectivity index (χ2n) is 6.01. The van der Waals surface area contributed by atoms with Crippen molar-refractivity contribution in [2.75, 3.05) is 18.0 Å². The lowest BCUT2D eigenvalue weighted by Crippen LogP contribution is -2.28. The van der Waals surface area contributed by atoms with Crippen molar-refractivity contribution in [1.82, 2.24) is 9.55 Å². The number of aromatic amines is 1. The van der Waals surface area contributed by atoms with E-state index in [0.29, 0.717) is 5.92 Å². The van der Waals surface area contributed by atoms with E-state index in [1.165, 1.54) is 16.8 Å². The van der Waals surface area contributed by atoms with Gasteiger partial charge in [0, 0.05) is 19.6 Å². The molecule has 2 aromatic rings. The van der Waals surface area contributed by atoms with Gasteiger partial charge in [-0.15, -0.1) is 0 Å². The van der Waals surface area contributed by atoms with E-state index in [-0.39, 0.29) is 0 Å². The molecule has 0 fully saturated rings. The first-order chi connectivity index (χ1) is 9.56. The number of nitrogens with one attached hydrogen (secondary N) is 1. The first-order valence-electron chi connectivity index (χ1n) is 7.16. The van der Waals surface area contributed by atoms with E-state index < -0.39 is 0 Å². The Labute approximate surface area is 124 Å². The maximum absolute atomic E-state index is 5.48. The minimum atomic E-state index is 0.582. The fourth-order valence-corrected chi connectivity index (χ4v) is 3.21. The molecule has 20 heavy (non-hydrogen) atoms. The number of allylic oxidation sites excluding steroid dienone is 1. The van der Waals surface area contributed by atoms with Crippen molar-refractivity contribution >= 4 is 28.9 Å². The van der Waals surface area contributed by atoms with Gasteiger partial charge in [-0.3, -0.25) is 0 Å². The zero-order valence-electron chi connectivity index (χ0n) is 12.3. The second-order valence-corrected chi connectivity index (χ2v) is 6.39. The zero-order valence-corrected chi connectivity index (χ0v) is 13.1. The summed E-state index contributed by atoms with van der Waals surface area (Å²) in [6.07, 6.45) is 2.29. The predicted octanol–water partition coefficient (Wildman–Crippen LogP) is 4.12. The van der Waals surface area contributed by atoms with Gasteiger partial charge >= 0.3 is 0 Å². The number of imidazole rings is 1. The number of nitrogens with zero attached hydrogens (tertiary/aromatic N) is 2. The minimum absolute atomic E-state index is 0.582. The van der Waals surface area contributed by atoms with Gasteiger partial charge in [0.15, 0.2) is 4.77 Å². The minimum Gasteiger partial charge on any atom is -0.366 e. The van der Waals surface area contributed by atoms with E-state index in [0.717, 1.165) is 29.9 Å². The Hall–Kier alpha value is -1.55. The van der Waals surface area contributed by atoms with Gasteiger partial charge in [0.25, 0.3) is 0 Å². The molecule has 1 aromatic heterocycles. The molecule has 1 aliphatic heterocycles. The maximum Gasteiger partial charge on any atom is 0.178 e. The summed E-state index contributed by atoms with van der Waals surface area (Å²) in [5.74, 6) is 0.582. The van der Waals surface area contributed by atoms with Gasteiger partial charge in [-0.1, -0.05) is 24.6 Å². The summed E-state index contributed by atoms with van der Waals surface area (Å²) in [5.41, 5.74) is 5.05. The average Bonchev–Trinajstić information content (AvgIpc) is 2.62. The Morgan fingerprint density at radius 1 is 1.40 bits per heavy atom. The number of anilines is 1. The smallest absolute Gasteiger partial charge is 0.178 e. The summed E-state index contributed by atoms with van der Waals surface area (Å²) < 4.78 is 3.09. The number of para-hydroxylation sites is 1. The lowest BCUT2D eigenvalue weighted by atomic mass is 10.1. The van der Waals surface area contributed by atoms with Gasteiger partial charge < -0.3 is 14.5 Å². The number of aromatic nitrogens is 2. The molecule has 4 heteroatoms. The van der Waals surface area contributed by atoms with Crippen LogP contribution >= 0.6 is 12.2 Å². The van der Waals surface area contributed by atoms with E-state index in [4.69, 9.17) is 12.2 Å².